The molecule has 0 aliphatic heterocycles. The molecule has 0 aliphatic rings. The van der Waals surface area contributed by atoms with Gasteiger partial charge in [0.25, 0.3) is 0 Å². The molecule has 1 aromatic heterocycles. The highest BCUT2D eigenvalue weighted by molar-refractivity contribution is 6.31. The molecule has 1 heterocycles. The minimum atomic E-state index is -0.280. The number of nitrogens with one attached hydrogen (secondary N) is 1. The Labute approximate surface area is 102 Å². The van der Waals surface area contributed by atoms with E-state index in [0.29, 0.717) is 18.1 Å². The van der Waals surface area contributed by atoms with Crippen LogP contribution >= 0.6 is 11.6 Å². The first-order valence-corrected chi connectivity index (χ1v) is 6.00. The van der Waals surface area contributed by atoms with Crippen LogP contribution in [0.25, 0.3) is 0 Å². The van der Waals surface area contributed by atoms with E-state index in [1.165, 1.54) is 0 Å². The van der Waals surface area contributed by atoms with Gasteiger partial charge in [-0.15, -0.1) is 0 Å². The van der Waals surface area contributed by atoms with Crippen molar-refractivity contribution in [1.82, 2.24) is 15.1 Å². The fraction of sp³-hybridized carbons (Fsp3) is 0.727. The van der Waals surface area contributed by atoms with Crippen LogP contribution in [-0.2, 0) is 13.6 Å². The molecule has 0 amide bonds. The summed E-state index contributed by atoms with van der Waals surface area (Å²) in [6.07, 6.45) is 1.54. The zero-order valence-corrected chi connectivity index (χ0v) is 10.9. The zero-order chi connectivity index (χ0) is 12.1. The molecule has 5 heteroatoms. The highest BCUT2D eigenvalue weighted by Crippen LogP contribution is 2.18. The summed E-state index contributed by atoms with van der Waals surface area (Å²) in [6.45, 7) is 5.17. The molecule has 1 rings (SSSR count). The van der Waals surface area contributed by atoms with Crippen LogP contribution in [0.1, 0.15) is 31.2 Å². The summed E-state index contributed by atoms with van der Waals surface area (Å²) in [5.74, 6) is 0. The highest BCUT2D eigenvalue weighted by atomic mass is 35.5. The van der Waals surface area contributed by atoms with E-state index in [9.17, 15) is 5.11 Å². The SMILES string of the molecule is CCCC(O)CNCc1c(Cl)c(C)nn1C. The Morgan fingerprint density at radius 3 is 2.75 bits per heavy atom. The third kappa shape index (κ3) is 3.47. The maximum Gasteiger partial charge on any atom is 0.0860 e. The van der Waals surface area contributed by atoms with Gasteiger partial charge in [0.05, 0.1) is 22.5 Å². The van der Waals surface area contributed by atoms with Gasteiger partial charge in [-0.3, -0.25) is 4.68 Å². The fourth-order valence-electron chi connectivity index (χ4n) is 1.66. The van der Waals surface area contributed by atoms with Crippen LogP contribution < -0.4 is 5.32 Å². The minimum absolute atomic E-state index is 0.280. The maximum absolute atomic E-state index is 9.55. The lowest BCUT2D eigenvalue weighted by Crippen LogP contribution is -2.27. The zero-order valence-electron chi connectivity index (χ0n) is 10.1. The van der Waals surface area contributed by atoms with Crippen molar-refractivity contribution in [2.75, 3.05) is 6.54 Å². The molecule has 0 aromatic carbocycles. The topological polar surface area (TPSA) is 50.1 Å². The highest BCUT2D eigenvalue weighted by Gasteiger charge is 2.10. The summed E-state index contributed by atoms with van der Waals surface area (Å²) >= 11 is 6.10. The van der Waals surface area contributed by atoms with Gasteiger partial charge in [-0.1, -0.05) is 24.9 Å². The average molecular weight is 246 g/mol. The fourth-order valence-corrected chi connectivity index (χ4v) is 1.89. The summed E-state index contributed by atoms with van der Waals surface area (Å²) in [5.41, 5.74) is 1.80. The molecular formula is C11H20ClN3O. The lowest BCUT2D eigenvalue weighted by molar-refractivity contribution is 0.160. The monoisotopic (exact) mass is 245 g/mol. The molecule has 0 saturated carbocycles. The Kier molecular flexibility index (Phi) is 5.25. The van der Waals surface area contributed by atoms with Gasteiger partial charge in [0.2, 0.25) is 0 Å². The van der Waals surface area contributed by atoms with Crippen LogP contribution in [0, 0.1) is 6.92 Å². The van der Waals surface area contributed by atoms with Crippen LogP contribution in [0.5, 0.6) is 0 Å². The molecule has 0 aliphatic carbocycles. The van der Waals surface area contributed by atoms with Crippen molar-refractivity contribution in [3.63, 3.8) is 0 Å². The number of hydrogen-bond donors (Lipinski definition) is 2. The molecule has 0 spiro atoms. The molecule has 92 valence electrons. The van der Waals surface area contributed by atoms with Gasteiger partial charge in [0.1, 0.15) is 0 Å². The quantitative estimate of drug-likeness (QED) is 0.801. The minimum Gasteiger partial charge on any atom is -0.392 e. The summed E-state index contributed by atoms with van der Waals surface area (Å²) in [7, 11) is 1.87. The molecule has 16 heavy (non-hydrogen) atoms. The normalized spacial score (nSPS) is 13.1. The summed E-state index contributed by atoms with van der Waals surface area (Å²) in [4.78, 5) is 0. The largest absolute Gasteiger partial charge is 0.392 e. The van der Waals surface area contributed by atoms with Crippen molar-refractivity contribution in [3.8, 4) is 0 Å². The summed E-state index contributed by atoms with van der Waals surface area (Å²) < 4.78 is 1.77. The van der Waals surface area contributed by atoms with Crippen molar-refractivity contribution in [2.45, 2.75) is 39.3 Å². The Balaban J connectivity index is 2.43. The number of hydrogen-bond acceptors (Lipinski definition) is 3. The van der Waals surface area contributed by atoms with Gasteiger partial charge in [-0.2, -0.15) is 5.10 Å². The Morgan fingerprint density at radius 1 is 1.56 bits per heavy atom. The molecule has 0 bridgehead atoms. The molecule has 1 unspecified atom stereocenters. The first-order valence-electron chi connectivity index (χ1n) is 5.63. The second-order valence-electron chi connectivity index (χ2n) is 4.04. The van der Waals surface area contributed by atoms with Crippen LogP contribution in [0.15, 0.2) is 0 Å². The standard InChI is InChI=1S/C11H20ClN3O/c1-4-5-9(16)6-13-7-10-11(12)8(2)14-15(10)3/h9,13,16H,4-7H2,1-3H3. The Morgan fingerprint density at radius 2 is 2.25 bits per heavy atom. The van der Waals surface area contributed by atoms with Crippen LogP contribution in [0.2, 0.25) is 5.02 Å². The van der Waals surface area contributed by atoms with Crippen LogP contribution in [0.3, 0.4) is 0 Å². The van der Waals surface area contributed by atoms with Crippen LogP contribution in [0.4, 0.5) is 0 Å². The number of aliphatic hydroxyl groups is 1. The number of halogens is 1. The van der Waals surface area contributed by atoms with E-state index in [0.717, 1.165) is 24.2 Å². The number of aliphatic hydroxyl groups excluding tert-OH is 1. The van der Waals surface area contributed by atoms with E-state index in [-0.39, 0.29) is 6.10 Å². The third-order valence-electron chi connectivity index (χ3n) is 2.56. The average Bonchev–Trinajstić information content (AvgIpc) is 2.45. The van der Waals surface area contributed by atoms with Crippen molar-refractivity contribution in [2.24, 2.45) is 7.05 Å². The molecule has 1 atom stereocenters. The number of aromatic nitrogens is 2. The van der Waals surface area contributed by atoms with Gasteiger partial charge < -0.3 is 10.4 Å². The number of nitrogens with zero attached hydrogens (tertiary/aromatic N) is 2. The van der Waals surface area contributed by atoms with Gasteiger partial charge >= 0.3 is 0 Å². The van der Waals surface area contributed by atoms with Crippen molar-refractivity contribution >= 4 is 11.6 Å². The van der Waals surface area contributed by atoms with E-state index in [1.807, 2.05) is 14.0 Å². The first-order chi connectivity index (χ1) is 7.56. The van der Waals surface area contributed by atoms with E-state index in [1.54, 1.807) is 4.68 Å². The second kappa shape index (κ2) is 6.23. The van der Waals surface area contributed by atoms with Gasteiger partial charge in [-0.05, 0) is 13.3 Å². The lowest BCUT2D eigenvalue weighted by atomic mass is 10.2. The number of aryl methyl sites for hydroxylation is 2. The number of rotatable bonds is 6. The van der Waals surface area contributed by atoms with Crippen LogP contribution in [-0.4, -0.2) is 27.5 Å². The Bertz CT molecular complexity index is 338. The summed E-state index contributed by atoms with van der Waals surface area (Å²) in [6, 6.07) is 0. The molecular weight excluding hydrogens is 226 g/mol. The first kappa shape index (κ1) is 13.5. The van der Waals surface area contributed by atoms with E-state index in [2.05, 4.69) is 17.3 Å². The van der Waals surface area contributed by atoms with E-state index >= 15 is 0 Å². The third-order valence-corrected chi connectivity index (χ3v) is 3.05. The molecule has 1 aromatic rings. The second-order valence-corrected chi connectivity index (χ2v) is 4.42. The van der Waals surface area contributed by atoms with E-state index in [4.69, 9.17) is 11.6 Å². The van der Waals surface area contributed by atoms with Crippen molar-refractivity contribution in [3.05, 3.63) is 16.4 Å². The van der Waals surface area contributed by atoms with Gasteiger partial charge in [0, 0.05) is 20.1 Å². The summed E-state index contributed by atoms with van der Waals surface area (Å²) in [5, 5.41) is 17.7. The van der Waals surface area contributed by atoms with Gasteiger partial charge in [-0.25, -0.2) is 0 Å². The predicted molar refractivity (Wildman–Crippen MR) is 65.6 cm³/mol. The van der Waals surface area contributed by atoms with Crippen molar-refractivity contribution < 1.29 is 5.11 Å². The maximum atomic E-state index is 9.55. The van der Waals surface area contributed by atoms with Crippen molar-refractivity contribution in [1.29, 1.82) is 0 Å². The predicted octanol–water partition coefficient (Wildman–Crippen LogP) is 1.63. The van der Waals surface area contributed by atoms with E-state index < -0.39 is 0 Å². The molecule has 0 fully saturated rings. The Hall–Kier alpha value is -0.580. The lowest BCUT2D eigenvalue weighted by Gasteiger charge is -2.10. The molecule has 0 radical (unpaired) electrons. The molecule has 0 saturated heterocycles. The molecule has 2 N–H and O–H groups in total. The molecule has 4 nitrogen and oxygen atoms in total. The van der Waals surface area contributed by atoms with Gasteiger partial charge in [0.15, 0.2) is 0 Å². The smallest absolute Gasteiger partial charge is 0.0860 e.